The monoisotopic (exact) mass is 321 g/mol. The molecule has 0 radical (unpaired) electrons. The Bertz CT molecular complexity index is 864. The van der Waals surface area contributed by atoms with Crippen LogP contribution in [0.25, 0.3) is 10.9 Å². The molecule has 2 aromatic heterocycles. The molecule has 0 aliphatic carbocycles. The van der Waals surface area contributed by atoms with Crippen molar-refractivity contribution in [3.8, 4) is 5.88 Å². The van der Waals surface area contributed by atoms with Crippen molar-refractivity contribution in [1.82, 2.24) is 14.9 Å². The van der Waals surface area contributed by atoms with Gasteiger partial charge in [-0.25, -0.2) is 9.97 Å². The highest BCUT2D eigenvalue weighted by Crippen LogP contribution is 2.18. The third-order valence-electron chi connectivity index (χ3n) is 3.70. The van der Waals surface area contributed by atoms with Crippen LogP contribution in [0.5, 0.6) is 5.88 Å². The van der Waals surface area contributed by atoms with E-state index in [1.165, 1.54) is 0 Å². The number of hydrogen-bond acceptors (Lipinski definition) is 4. The van der Waals surface area contributed by atoms with Crippen molar-refractivity contribution in [2.75, 3.05) is 13.7 Å². The third kappa shape index (κ3) is 3.35. The van der Waals surface area contributed by atoms with Gasteiger partial charge < -0.3 is 9.64 Å². The number of ether oxygens (including phenoxy) is 1. The van der Waals surface area contributed by atoms with Crippen LogP contribution >= 0.6 is 0 Å². The summed E-state index contributed by atoms with van der Waals surface area (Å²) in [7, 11) is 1.75. The fourth-order valence-electron chi connectivity index (χ4n) is 2.52. The second-order valence-electron chi connectivity index (χ2n) is 5.45. The number of benzene rings is 1. The fraction of sp³-hybridized carbons (Fsp3) is 0.211. The predicted octanol–water partition coefficient (Wildman–Crippen LogP) is 3.30. The van der Waals surface area contributed by atoms with Crippen LogP contribution in [0.2, 0.25) is 0 Å². The smallest absolute Gasteiger partial charge is 0.272 e. The van der Waals surface area contributed by atoms with Gasteiger partial charge in [0.05, 0.1) is 18.7 Å². The second-order valence-corrected chi connectivity index (χ2v) is 5.45. The molecule has 0 unspecified atom stereocenters. The van der Waals surface area contributed by atoms with Crippen molar-refractivity contribution in [3.05, 3.63) is 66.0 Å². The molecule has 5 nitrogen and oxygen atoms in total. The van der Waals surface area contributed by atoms with Gasteiger partial charge in [0.15, 0.2) is 0 Å². The molecule has 0 saturated heterocycles. The maximum absolute atomic E-state index is 12.7. The lowest BCUT2D eigenvalue weighted by Gasteiger charge is -2.18. The third-order valence-corrected chi connectivity index (χ3v) is 3.70. The van der Waals surface area contributed by atoms with Gasteiger partial charge in [0.25, 0.3) is 5.91 Å². The highest BCUT2D eigenvalue weighted by atomic mass is 16.5. The summed E-state index contributed by atoms with van der Waals surface area (Å²) in [5, 5.41) is 1.02. The van der Waals surface area contributed by atoms with Crippen LogP contribution in [0.4, 0.5) is 0 Å². The molecule has 3 rings (SSSR count). The summed E-state index contributed by atoms with van der Waals surface area (Å²) < 4.78 is 5.52. The Morgan fingerprint density at radius 3 is 2.79 bits per heavy atom. The summed E-state index contributed by atoms with van der Waals surface area (Å²) in [5.41, 5.74) is 2.11. The molecule has 2 heterocycles. The highest BCUT2D eigenvalue weighted by molar-refractivity contribution is 5.94. The number of fused-ring (bicyclic) bond motifs is 1. The number of pyridine rings is 2. The zero-order chi connectivity index (χ0) is 16.9. The average Bonchev–Trinajstić information content (AvgIpc) is 2.62. The van der Waals surface area contributed by atoms with Crippen LogP contribution in [0.15, 0.2) is 54.7 Å². The van der Waals surface area contributed by atoms with Crippen molar-refractivity contribution in [2.45, 2.75) is 13.5 Å². The highest BCUT2D eigenvalue weighted by Gasteiger charge is 2.16. The molecule has 0 aliphatic heterocycles. The molecule has 0 aliphatic rings. The van der Waals surface area contributed by atoms with E-state index in [0.717, 1.165) is 16.5 Å². The number of para-hydroxylation sites is 1. The maximum atomic E-state index is 12.7. The molecule has 0 fully saturated rings. The number of carbonyl (C=O) groups excluding carboxylic acids is 1. The Balaban J connectivity index is 1.81. The molecule has 0 saturated carbocycles. The molecule has 0 spiro atoms. The van der Waals surface area contributed by atoms with Gasteiger partial charge in [-0.05, 0) is 25.1 Å². The van der Waals surface area contributed by atoms with E-state index in [4.69, 9.17) is 4.74 Å². The first-order valence-corrected chi connectivity index (χ1v) is 7.87. The Morgan fingerprint density at radius 2 is 1.96 bits per heavy atom. The molecular formula is C19H19N3O2. The lowest BCUT2D eigenvalue weighted by atomic mass is 10.2. The average molecular weight is 321 g/mol. The van der Waals surface area contributed by atoms with E-state index < -0.39 is 0 Å². The van der Waals surface area contributed by atoms with E-state index in [9.17, 15) is 4.79 Å². The van der Waals surface area contributed by atoms with E-state index >= 15 is 0 Å². The Labute approximate surface area is 140 Å². The summed E-state index contributed by atoms with van der Waals surface area (Å²) in [6.07, 6.45) is 1.68. The summed E-state index contributed by atoms with van der Waals surface area (Å²) in [6, 6.07) is 15.2. The summed E-state index contributed by atoms with van der Waals surface area (Å²) in [6.45, 7) is 2.86. The van der Waals surface area contributed by atoms with Crippen LogP contribution in [-0.2, 0) is 6.54 Å². The van der Waals surface area contributed by atoms with E-state index in [1.54, 1.807) is 24.2 Å². The minimum absolute atomic E-state index is 0.132. The van der Waals surface area contributed by atoms with Crippen LogP contribution < -0.4 is 4.74 Å². The number of nitrogens with zero attached hydrogens (tertiary/aromatic N) is 3. The van der Waals surface area contributed by atoms with E-state index in [2.05, 4.69) is 9.97 Å². The van der Waals surface area contributed by atoms with Crippen LogP contribution in [0, 0.1) is 0 Å². The van der Waals surface area contributed by atoms with Gasteiger partial charge in [-0.2, -0.15) is 0 Å². The molecule has 3 aromatic rings. The van der Waals surface area contributed by atoms with Gasteiger partial charge in [-0.3, -0.25) is 4.79 Å². The Morgan fingerprint density at radius 1 is 1.12 bits per heavy atom. The Hall–Kier alpha value is -2.95. The van der Waals surface area contributed by atoms with Crippen LogP contribution in [0.1, 0.15) is 23.0 Å². The molecule has 0 atom stereocenters. The lowest BCUT2D eigenvalue weighted by molar-refractivity contribution is 0.0778. The van der Waals surface area contributed by atoms with Crippen molar-refractivity contribution < 1.29 is 9.53 Å². The quantitative estimate of drug-likeness (QED) is 0.723. The first kappa shape index (κ1) is 15.9. The van der Waals surface area contributed by atoms with Crippen molar-refractivity contribution in [2.24, 2.45) is 0 Å². The molecular weight excluding hydrogens is 302 g/mol. The summed E-state index contributed by atoms with van der Waals surface area (Å²) in [5.74, 6) is 0.429. The van der Waals surface area contributed by atoms with E-state index in [1.807, 2.05) is 49.4 Å². The normalized spacial score (nSPS) is 10.6. The number of rotatable bonds is 5. The molecule has 24 heavy (non-hydrogen) atoms. The minimum Gasteiger partial charge on any atom is -0.478 e. The largest absolute Gasteiger partial charge is 0.478 e. The first-order chi connectivity index (χ1) is 11.7. The number of carbonyl (C=O) groups is 1. The van der Waals surface area contributed by atoms with Crippen molar-refractivity contribution in [3.63, 3.8) is 0 Å². The van der Waals surface area contributed by atoms with Gasteiger partial charge >= 0.3 is 0 Å². The first-order valence-electron chi connectivity index (χ1n) is 7.87. The molecule has 122 valence electrons. The van der Waals surface area contributed by atoms with E-state index in [-0.39, 0.29) is 5.91 Å². The summed E-state index contributed by atoms with van der Waals surface area (Å²) >= 11 is 0. The molecule has 0 N–H and O–H groups in total. The molecule has 1 aromatic carbocycles. The molecule has 0 bridgehead atoms. The fourth-order valence-corrected chi connectivity index (χ4v) is 2.52. The molecule has 5 heteroatoms. The maximum Gasteiger partial charge on any atom is 0.272 e. The Kier molecular flexibility index (Phi) is 4.70. The van der Waals surface area contributed by atoms with Crippen molar-refractivity contribution >= 4 is 16.8 Å². The van der Waals surface area contributed by atoms with Gasteiger partial charge in [0.2, 0.25) is 5.88 Å². The summed E-state index contributed by atoms with van der Waals surface area (Å²) in [4.78, 5) is 23.0. The zero-order valence-electron chi connectivity index (χ0n) is 13.8. The predicted molar refractivity (Wildman–Crippen MR) is 92.9 cm³/mol. The van der Waals surface area contributed by atoms with Gasteiger partial charge in [0.1, 0.15) is 5.69 Å². The zero-order valence-corrected chi connectivity index (χ0v) is 13.8. The van der Waals surface area contributed by atoms with Gasteiger partial charge in [-0.1, -0.05) is 30.3 Å². The number of amides is 1. The standard InChI is InChI=1S/C19H19N3O2/c1-3-24-18-15(8-6-12-20-18)13-22(2)19(23)17-11-10-14-7-4-5-9-16(14)21-17/h4-12H,3,13H2,1-2H3. The molecule has 1 amide bonds. The number of aromatic nitrogens is 2. The van der Waals surface area contributed by atoms with Crippen LogP contribution in [-0.4, -0.2) is 34.4 Å². The van der Waals surface area contributed by atoms with Crippen LogP contribution in [0.3, 0.4) is 0 Å². The van der Waals surface area contributed by atoms with Crippen molar-refractivity contribution in [1.29, 1.82) is 0 Å². The topological polar surface area (TPSA) is 55.3 Å². The van der Waals surface area contributed by atoms with Gasteiger partial charge in [-0.15, -0.1) is 0 Å². The van der Waals surface area contributed by atoms with Gasteiger partial charge in [0, 0.05) is 24.2 Å². The lowest BCUT2D eigenvalue weighted by Crippen LogP contribution is -2.27. The SMILES string of the molecule is CCOc1ncccc1CN(C)C(=O)c1ccc2ccccc2n1. The number of hydrogen-bond donors (Lipinski definition) is 0. The second kappa shape index (κ2) is 7.08. The van der Waals surface area contributed by atoms with E-state index in [0.29, 0.717) is 24.7 Å². The minimum atomic E-state index is -0.132.